The van der Waals surface area contributed by atoms with Gasteiger partial charge in [0.1, 0.15) is 11.2 Å². The van der Waals surface area contributed by atoms with E-state index in [1.807, 2.05) is 18.2 Å². The Morgan fingerprint density at radius 1 is 0.322 bits per heavy atom. The van der Waals surface area contributed by atoms with Gasteiger partial charge in [-0.05, 0) is 69.1 Å². The molecule has 9 aromatic carbocycles. The number of nitrogens with zero attached hydrogens (tertiary/aromatic N) is 3. The molecule has 4 heteroatoms. The van der Waals surface area contributed by atoms with Crippen LogP contribution in [0.4, 0.5) is 0 Å². The zero-order valence-corrected chi connectivity index (χ0v) is 31.8. The molecule has 0 aliphatic heterocycles. The Bertz CT molecular complexity index is 3510. The van der Waals surface area contributed by atoms with E-state index in [1.54, 1.807) is 0 Å². The van der Waals surface area contributed by atoms with Crippen LogP contribution >= 0.6 is 0 Å². The molecular weight excluding hydrogens is 719 g/mol. The number of benzene rings is 9. The van der Waals surface area contributed by atoms with Gasteiger partial charge in [0, 0.05) is 49.2 Å². The zero-order chi connectivity index (χ0) is 38.9. The molecule has 0 bridgehead atoms. The van der Waals surface area contributed by atoms with Crippen molar-refractivity contribution in [1.29, 1.82) is 0 Å². The highest BCUT2D eigenvalue weighted by Gasteiger charge is 2.18. The monoisotopic (exact) mass is 751 g/mol. The molecule has 0 amide bonds. The number of aromatic nitrogens is 3. The molecular formula is C55H33N3O. The van der Waals surface area contributed by atoms with Gasteiger partial charge in [0.15, 0.2) is 5.82 Å². The fourth-order valence-electron chi connectivity index (χ4n) is 8.64. The van der Waals surface area contributed by atoms with E-state index in [-0.39, 0.29) is 0 Å². The van der Waals surface area contributed by atoms with Crippen molar-refractivity contribution in [3.63, 3.8) is 0 Å². The van der Waals surface area contributed by atoms with E-state index >= 15 is 0 Å². The summed E-state index contributed by atoms with van der Waals surface area (Å²) in [6.07, 6.45) is 0. The first-order valence-electron chi connectivity index (χ1n) is 19.9. The lowest BCUT2D eigenvalue weighted by atomic mass is 9.96. The summed E-state index contributed by atoms with van der Waals surface area (Å²) in [5.41, 5.74) is 11.8. The van der Waals surface area contributed by atoms with Gasteiger partial charge in [0.25, 0.3) is 0 Å². The molecule has 12 aromatic rings. The number of rotatable bonds is 5. The molecule has 0 saturated heterocycles. The third-order valence-corrected chi connectivity index (χ3v) is 11.7. The lowest BCUT2D eigenvalue weighted by Gasteiger charge is -2.12. The van der Waals surface area contributed by atoms with Crippen LogP contribution < -0.4 is 0 Å². The largest absolute Gasteiger partial charge is 0.455 e. The molecule has 4 nitrogen and oxygen atoms in total. The Balaban J connectivity index is 0.922. The predicted molar refractivity (Wildman–Crippen MR) is 244 cm³/mol. The van der Waals surface area contributed by atoms with Crippen LogP contribution in [-0.4, -0.2) is 15.0 Å². The normalized spacial score (nSPS) is 11.7. The first-order chi connectivity index (χ1) is 29.2. The van der Waals surface area contributed by atoms with Gasteiger partial charge in [-0.3, -0.25) is 0 Å². The second-order valence-corrected chi connectivity index (χ2v) is 15.2. The molecule has 0 atom stereocenters. The van der Waals surface area contributed by atoms with Crippen molar-refractivity contribution in [1.82, 2.24) is 15.0 Å². The van der Waals surface area contributed by atoms with Crippen LogP contribution in [0.3, 0.4) is 0 Å². The summed E-state index contributed by atoms with van der Waals surface area (Å²) in [7, 11) is 0. The van der Waals surface area contributed by atoms with Gasteiger partial charge in [0.05, 0.1) is 22.6 Å². The van der Waals surface area contributed by atoms with Crippen molar-refractivity contribution in [3.8, 4) is 56.3 Å². The molecule has 12 rings (SSSR count). The molecule has 0 aliphatic carbocycles. The van der Waals surface area contributed by atoms with Crippen molar-refractivity contribution in [3.05, 3.63) is 200 Å². The molecule has 3 heterocycles. The molecule has 0 saturated carbocycles. The number of fused-ring (bicyclic) bond motifs is 9. The fourth-order valence-corrected chi connectivity index (χ4v) is 8.64. The second-order valence-electron chi connectivity index (χ2n) is 15.2. The Kier molecular flexibility index (Phi) is 7.50. The molecule has 3 aromatic heterocycles. The summed E-state index contributed by atoms with van der Waals surface area (Å²) in [5, 5.41) is 10.2. The number of para-hydroxylation sites is 2. The molecule has 0 N–H and O–H groups in total. The smallest absolute Gasteiger partial charge is 0.160 e. The van der Waals surface area contributed by atoms with Crippen LogP contribution in [0.5, 0.6) is 0 Å². The molecule has 274 valence electrons. The third-order valence-electron chi connectivity index (χ3n) is 11.7. The molecule has 0 radical (unpaired) electrons. The Labute approximate surface area is 339 Å². The second kappa shape index (κ2) is 13.3. The first-order valence-corrected chi connectivity index (χ1v) is 19.9. The van der Waals surface area contributed by atoms with Crippen molar-refractivity contribution in [2.75, 3.05) is 0 Å². The number of furan rings is 1. The van der Waals surface area contributed by atoms with Crippen LogP contribution in [0.2, 0.25) is 0 Å². The maximum absolute atomic E-state index is 6.54. The number of hydrogen-bond acceptors (Lipinski definition) is 4. The van der Waals surface area contributed by atoms with Gasteiger partial charge in [-0.15, -0.1) is 0 Å². The summed E-state index contributed by atoms with van der Waals surface area (Å²) in [5.74, 6) is 0.701. The fraction of sp³-hybridized carbons (Fsp3) is 0. The molecule has 0 aliphatic rings. The van der Waals surface area contributed by atoms with Gasteiger partial charge >= 0.3 is 0 Å². The highest BCUT2D eigenvalue weighted by molar-refractivity contribution is 6.24. The van der Waals surface area contributed by atoms with E-state index in [4.69, 9.17) is 19.4 Å². The Morgan fingerprint density at radius 2 is 0.847 bits per heavy atom. The minimum absolute atomic E-state index is 0.701. The summed E-state index contributed by atoms with van der Waals surface area (Å²) < 4.78 is 6.54. The minimum atomic E-state index is 0.701. The number of pyridine rings is 1. The van der Waals surface area contributed by atoms with Crippen LogP contribution in [0.25, 0.3) is 121 Å². The van der Waals surface area contributed by atoms with E-state index in [9.17, 15) is 0 Å². The minimum Gasteiger partial charge on any atom is -0.455 e. The van der Waals surface area contributed by atoms with Crippen LogP contribution in [-0.2, 0) is 0 Å². The van der Waals surface area contributed by atoms with E-state index < -0.39 is 0 Å². The Morgan fingerprint density at radius 3 is 1.58 bits per heavy atom. The Hall–Kier alpha value is -7.95. The maximum Gasteiger partial charge on any atom is 0.160 e. The summed E-state index contributed by atoms with van der Waals surface area (Å²) in [4.78, 5) is 15.5. The maximum atomic E-state index is 6.54. The molecule has 59 heavy (non-hydrogen) atoms. The van der Waals surface area contributed by atoms with E-state index in [2.05, 4.69) is 182 Å². The standard InChI is InChI=1S/C55H33N3O/c1-3-11-40-31-42(27-21-34(40)9-1)50-33-49(57-55(58-50)43-28-22-35-10-2-4-12-41(35)32-43)38-23-17-36(18-24-38)37-19-25-39(26-20-37)53-47-30-29-45-44-13-6-8-16-51(44)59-54(45)52(47)46-14-5-7-15-48(46)56-53/h1-33H. The highest BCUT2D eigenvalue weighted by Crippen LogP contribution is 2.41. The third kappa shape index (κ3) is 5.65. The van der Waals surface area contributed by atoms with E-state index in [0.717, 1.165) is 99.5 Å². The molecule has 0 spiro atoms. The average molecular weight is 752 g/mol. The summed E-state index contributed by atoms with van der Waals surface area (Å²) in [6, 6.07) is 70.3. The molecule has 0 fully saturated rings. The van der Waals surface area contributed by atoms with Gasteiger partial charge in [0.2, 0.25) is 0 Å². The van der Waals surface area contributed by atoms with Crippen LogP contribution in [0.15, 0.2) is 205 Å². The first kappa shape index (κ1) is 33.2. The van der Waals surface area contributed by atoms with Crippen LogP contribution in [0, 0.1) is 0 Å². The van der Waals surface area contributed by atoms with E-state index in [1.165, 1.54) is 16.2 Å². The van der Waals surface area contributed by atoms with Crippen molar-refractivity contribution in [2.24, 2.45) is 0 Å². The average Bonchev–Trinajstić information content (AvgIpc) is 3.70. The molecule has 0 unspecified atom stereocenters. The lowest BCUT2D eigenvalue weighted by molar-refractivity contribution is 0.673. The topological polar surface area (TPSA) is 51.8 Å². The number of hydrogen-bond donors (Lipinski definition) is 0. The highest BCUT2D eigenvalue weighted by atomic mass is 16.3. The summed E-state index contributed by atoms with van der Waals surface area (Å²) in [6.45, 7) is 0. The van der Waals surface area contributed by atoms with Gasteiger partial charge in [-0.2, -0.15) is 0 Å². The lowest BCUT2D eigenvalue weighted by Crippen LogP contribution is -1.96. The van der Waals surface area contributed by atoms with Gasteiger partial charge < -0.3 is 4.42 Å². The SMILES string of the molecule is c1ccc2cc(-c3cc(-c4ccc(-c5ccc(-c6nc7ccccc7c7c6ccc6c8ccccc8oc67)cc5)cc4)nc(-c4ccc5ccccc5c4)n3)ccc2c1. The van der Waals surface area contributed by atoms with Crippen LogP contribution in [0.1, 0.15) is 0 Å². The summed E-state index contributed by atoms with van der Waals surface area (Å²) >= 11 is 0. The van der Waals surface area contributed by atoms with Gasteiger partial charge in [-0.25, -0.2) is 15.0 Å². The van der Waals surface area contributed by atoms with E-state index in [0.29, 0.717) is 5.82 Å². The zero-order valence-electron chi connectivity index (χ0n) is 31.8. The van der Waals surface area contributed by atoms with Gasteiger partial charge in [-0.1, -0.05) is 164 Å². The van der Waals surface area contributed by atoms with Crippen molar-refractivity contribution in [2.45, 2.75) is 0 Å². The predicted octanol–water partition coefficient (Wildman–Crippen LogP) is 14.7. The van der Waals surface area contributed by atoms with Crippen molar-refractivity contribution < 1.29 is 4.42 Å². The quantitative estimate of drug-likeness (QED) is 0.164. The van der Waals surface area contributed by atoms with Crippen molar-refractivity contribution >= 4 is 65.2 Å².